The maximum absolute atomic E-state index is 12.4. The summed E-state index contributed by atoms with van der Waals surface area (Å²) >= 11 is 5.97. The van der Waals surface area contributed by atoms with Gasteiger partial charge in [0.15, 0.2) is 0 Å². The molecule has 6 heteroatoms. The molecule has 3 rings (SSSR count). The predicted octanol–water partition coefficient (Wildman–Crippen LogP) is 4.25. The number of carbonyl (C=O) groups excluding carboxylic acids is 1. The van der Waals surface area contributed by atoms with Crippen molar-refractivity contribution in [1.29, 1.82) is 0 Å². The third-order valence-corrected chi connectivity index (χ3v) is 4.27. The molecule has 1 aromatic heterocycles. The minimum absolute atomic E-state index is 0.164. The third kappa shape index (κ3) is 3.88. The standard InChI is InChI=1S/C19H18ClN3O2/c1-11-7-13(3)16(8-12(11)2)19(24)21-10-17-22-18(23-25-17)14-5-4-6-15(20)9-14/h4-9H,10H2,1-3H3,(H,21,24). The van der Waals surface area contributed by atoms with Gasteiger partial charge in [0.2, 0.25) is 11.7 Å². The van der Waals surface area contributed by atoms with Crippen molar-refractivity contribution in [2.75, 3.05) is 0 Å². The maximum Gasteiger partial charge on any atom is 0.251 e. The summed E-state index contributed by atoms with van der Waals surface area (Å²) in [5, 5.41) is 7.34. The van der Waals surface area contributed by atoms with Gasteiger partial charge in [0.25, 0.3) is 5.91 Å². The highest BCUT2D eigenvalue weighted by Crippen LogP contribution is 2.20. The fourth-order valence-corrected chi connectivity index (χ4v) is 2.72. The predicted molar refractivity (Wildman–Crippen MR) is 96.6 cm³/mol. The number of hydrogen-bond donors (Lipinski definition) is 1. The van der Waals surface area contributed by atoms with E-state index in [0.29, 0.717) is 22.3 Å². The van der Waals surface area contributed by atoms with Crippen molar-refractivity contribution in [3.8, 4) is 11.4 Å². The van der Waals surface area contributed by atoms with Gasteiger partial charge in [0.05, 0.1) is 6.54 Å². The second-order valence-electron chi connectivity index (χ2n) is 5.96. The zero-order chi connectivity index (χ0) is 18.0. The molecule has 0 fully saturated rings. The van der Waals surface area contributed by atoms with Gasteiger partial charge in [-0.2, -0.15) is 4.98 Å². The van der Waals surface area contributed by atoms with E-state index in [1.807, 2.05) is 45.0 Å². The molecular weight excluding hydrogens is 338 g/mol. The van der Waals surface area contributed by atoms with Crippen LogP contribution < -0.4 is 5.32 Å². The summed E-state index contributed by atoms with van der Waals surface area (Å²) in [6.45, 7) is 6.10. The minimum Gasteiger partial charge on any atom is -0.343 e. The Bertz CT molecular complexity index is 934. The highest BCUT2D eigenvalue weighted by Gasteiger charge is 2.13. The molecule has 25 heavy (non-hydrogen) atoms. The number of nitrogens with one attached hydrogen (secondary N) is 1. The lowest BCUT2D eigenvalue weighted by Crippen LogP contribution is -2.24. The first kappa shape index (κ1) is 17.2. The van der Waals surface area contributed by atoms with Gasteiger partial charge in [-0.15, -0.1) is 0 Å². The Morgan fingerprint density at radius 1 is 1.12 bits per heavy atom. The van der Waals surface area contributed by atoms with E-state index in [4.69, 9.17) is 16.1 Å². The van der Waals surface area contributed by atoms with Crippen LogP contribution in [0.1, 0.15) is 32.9 Å². The van der Waals surface area contributed by atoms with Gasteiger partial charge < -0.3 is 9.84 Å². The van der Waals surface area contributed by atoms with Gasteiger partial charge in [-0.05, 0) is 55.7 Å². The first-order valence-electron chi connectivity index (χ1n) is 7.88. The molecule has 0 aliphatic carbocycles. The highest BCUT2D eigenvalue weighted by atomic mass is 35.5. The van der Waals surface area contributed by atoms with Crippen molar-refractivity contribution in [3.63, 3.8) is 0 Å². The topological polar surface area (TPSA) is 68.0 Å². The number of aryl methyl sites for hydroxylation is 3. The quantitative estimate of drug-likeness (QED) is 0.759. The molecule has 0 saturated heterocycles. The summed E-state index contributed by atoms with van der Waals surface area (Å²) < 4.78 is 5.20. The van der Waals surface area contributed by atoms with E-state index < -0.39 is 0 Å². The lowest BCUT2D eigenvalue weighted by atomic mass is 10.0. The van der Waals surface area contributed by atoms with Crippen LogP contribution in [0, 0.1) is 20.8 Å². The van der Waals surface area contributed by atoms with Gasteiger partial charge in [-0.1, -0.05) is 35.0 Å². The molecule has 128 valence electrons. The number of halogens is 1. The Kier molecular flexibility index (Phi) is 4.86. The van der Waals surface area contributed by atoms with Crippen LogP contribution in [-0.4, -0.2) is 16.0 Å². The van der Waals surface area contributed by atoms with Crippen molar-refractivity contribution in [3.05, 3.63) is 69.6 Å². The van der Waals surface area contributed by atoms with Gasteiger partial charge in [-0.25, -0.2) is 0 Å². The molecule has 1 amide bonds. The van der Waals surface area contributed by atoms with Crippen molar-refractivity contribution < 1.29 is 9.32 Å². The van der Waals surface area contributed by atoms with Gasteiger partial charge in [-0.3, -0.25) is 4.79 Å². The van der Waals surface area contributed by atoms with Crippen LogP contribution in [0.5, 0.6) is 0 Å². The molecular formula is C19H18ClN3O2. The average Bonchev–Trinajstić information content (AvgIpc) is 3.05. The van der Waals surface area contributed by atoms with Crippen LogP contribution in [0.2, 0.25) is 5.02 Å². The Morgan fingerprint density at radius 3 is 2.64 bits per heavy atom. The molecule has 0 spiro atoms. The van der Waals surface area contributed by atoms with Crippen LogP contribution in [0.3, 0.4) is 0 Å². The van der Waals surface area contributed by atoms with Crippen molar-refractivity contribution in [1.82, 2.24) is 15.5 Å². The van der Waals surface area contributed by atoms with E-state index in [0.717, 1.165) is 22.3 Å². The van der Waals surface area contributed by atoms with Crippen LogP contribution in [0.25, 0.3) is 11.4 Å². The fraction of sp³-hybridized carbons (Fsp3) is 0.211. The molecule has 1 heterocycles. The van der Waals surface area contributed by atoms with Crippen LogP contribution in [0.15, 0.2) is 40.9 Å². The Hall–Kier alpha value is -2.66. The summed E-state index contributed by atoms with van der Waals surface area (Å²) in [5.74, 6) is 0.613. The lowest BCUT2D eigenvalue weighted by molar-refractivity contribution is 0.0945. The number of nitrogens with zero attached hydrogens (tertiary/aromatic N) is 2. The fourth-order valence-electron chi connectivity index (χ4n) is 2.53. The summed E-state index contributed by atoms with van der Waals surface area (Å²) in [5.41, 5.74) is 4.59. The molecule has 0 atom stereocenters. The van der Waals surface area contributed by atoms with Gasteiger partial charge in [0, 0.05) is 16.1 Å². The Balaban J connectivity index is 1.70. The van der Waals surface area contributed by atoms with Crippen LogP contribution in [-0.2, 0) is 6.54 Å². The molecule has 0 saturated carbocycles. The zero-order valence-electron chi connectivity index (χ0n) is 14.3. The summed E-state index contributed by atoms with van der Waals surface area (Å²) in [6.07, 6.45) is 0. The Morgan fingerprint density at radius 2 is 1.88 bits per heavy atom. The summed E-state index contributed by atoms with van der Waals surface area (Å²) in [7, 11) is 0. The molecule has 3 aromatic rings. The average molecular weight is 356 g/mol. The zero-order valence-corrected chi connectivity index (χ0v) is 15.0. The number of carbonyl (C=O) groups is 1. The van der Waals surface area contributed by atoms with Crippen molar-refractivity contribution in [2.24, 2.45) is 0 Å². The SMILES string of the molecule is Cc1cc(C)c(C(=O)NCc2nc(-c3cccc(Cl)c3)no2)cc1C. The molecule has 2 aromatic carbocycles. The van der Waals surface area contributed by atoms with E-state index in [1.54, 1.807) is 12.1 Å². The monoisotopic (exact) mass is 355 g/mol. The molecule has 0 aliphatic heterocycles. The van der Waals surface area contributed by atoms with E-state index in [2.05, 4.69) is 15.5 Å². The first-order valence-corrected chi connectivity index (χ1v) is 8.26. The Labute approximate surface area is 151 Å². The molecule has 5 nitrogen and oxygen atoms in total. The second-order valence-corrected chi connectivity index (χ2v) is 6.39. The smallest absolute Gasteiger partial charge is 0.251 e. The highest BCUT2D eigenvalue weighted by molar-refractivity contribution is 6.30. The number of amides is 1. The van der Waals surface area contributed by atoms with E-state index in [9.17, 15) is 4.79 Å². The molecule has 0 bridgehead atoms. The first-order chi connectivity index (χ1) is 11.9. The van der Waals surface area contributed by atoms with Crippen molar-refractivity contribution >= 4 is 17.5 Å². The van der Waals surface area contributed by atoms with E-state index in [-0.39, 0.29) is 12.5 Å². The maximum atomic E-state index is 12.4. The van der Waals surface area contributed by atoms with Gasteiger partial charge in [0.1, 0.15) is 0 Å². The van der Waals surface area contributed by atoms with Crippen LogP contribution in [0.4, 0.5) is 0 Å². The number of hydrogen-bond acceptors (Lipinski definition) is 4. The summed E-state index contributed by atoms with van der Waals surface area (Å²) in [4.78, 5) is 16.7. The van der Waals surface area contributed by atoms with E-state index >= 15 is 0 Å². The number of aromatic nitrogens is 2. The number of rotatable bonds is 4. The number of benzene rings is 2. The summed E-state index contributed by atoms with van der Waals surface area (Å²) in [6, 6.07) is 11.1. The van der Waals surface area contributed by atoms with Crippen molar-refractivity contribution in [2.45, 2.75) is 27.3 Å². The second kappa shape index (κ2) is 7.07. The minimum atomic E-state index is -0.164. The van der Waals surface area contributed by atoms with Gasteiger partial charge >= 0.3 is 0 Å². The molecule has 0 radical (unpaired) electrons. The van der Waals surface area contributed by atoms with Crippen LogP contribution >= 0.6 is 11.6 Å². The molecule has 1 N–H and O–H groups in total. The molecule has 0 unspecified atom stereocenters. The largest absolute Gasteiger partial charge is 0.343 e. The third-order valence-electron chi connectivity index (χ3n) is 4.04. The normalized spacial score (nSPS) is 10.7. The lowest BCUT2D eigenvalue weighted by Gasteiger charge is -2.09. The van der Waals surface area contributed by atoms with E-state index in [1.165, 1.54) is 0 Å². The molecule has 0 aliphatic rings.